The fourth-order valence-electron chi connectivity index (χ4n) is 4.57. The minimum atomic E-state index is -1.29. The standard InChI is InChI=1S/C26H22F4N4O3/c1-4-6-14-9-15-23-13(11-31-25(15)32-14)12-33(24-21(29)18(36-2)10-19(37-3)22(24)30)26(35)34(23)17-8-5-7-16(27)20(17)28/h5,7-11H,4,6,12H2,1-3H3,(H,31,32). The highest BCUT2D eigenvalue weighted by Crippen LogP contribution is 2.45. The predicted octanol–water partition coefficient (Wildman–Crippen LogP) is 6.37. The summed E-state index contributed by atoms with van der Waals surface area (Å²) in [6, 6.07) is 5.17. The van der Waals surface area contributed by atoms with Gasteiger partial charge in [-0.1, -0.05) is 19.4 Å². The summed E-state index contributed by atoms with van der Waals surface area (Å²) < 4.78 is 70.2. The average Bonchev–Trinajstić information content (AvgIpc) is 3.30. The van der Waals surface area contributed by atoms with Crippen LogP contribution < -0.4 is 19.3 Å². The first-order valence-corrected chi connectivity index (χ1v) is 11.5. The number of rotatable bonds is 6. The molecule has 4 aromatic rings. The molecule has 0 bridgehead atoms. The molecule has 2 aromatic carbocycles. The topological polar surface area (TPSA) is 70.7 Å². The third kappa shape index (κ3) is 3.81. The van der Waals surface area contributed by atoms with Gasteiger partial charge in [-0.3, -0.25) is 9.80 Å². The molecule has 192 valence electrons. The number of pyridine rings is 1. The number of ether oxygens (including phenoxy) is 2. The summed E-state index contributed by atoms with van der Waals surface area (Å²) in [4.78, 5) is 23.2. The van der Waals surface area contributed by atoms with Crippen LogP contribution in [0.4, 0.5) is 39.4 Å². The lowest BCUT2D eigenvalue weighted by Gasteiger charge is -2.37. The fourth-order valence-corrected chi connectivity index (χ4v) is 4.57. The summed E-state index contributed by atoms with van der Waals surface area (Å²) in [5.74, 6) is -5.51. The molecule has 7 nitrogen and oxygen atoms in total. The fraction of sp³-hybridized carbons (Fsp3) is 0.231. The molecular weight excluding hydrogens is 492 g/mol. The molecule has 0 spiro atoms. The number of nitrogens with zero attached hydrogens (tertiary/aromatic N) is 3. The molecule has 37 heavy (non-hydrogen) atoms. The van der Waals surface area contributed by atoms with E-state index in [9.17, 15) is 9.18 Å². The van der Waals surface area contributed by atoms with Crippen LogP contribution in [0.1, 0.15) is 24.6 Å². The molecular formula is C26H22F4N4O3. The van der Waals surface area contributed by atoms with Crippen molar-refractivity contribution >= 4 is 34.1 Å². The van der Waals surface area contributed by atoms with Gasteiger partial charge in [0.05, 0.1) is 32.1 Å². The van der Waals surface area contributed by atoms with E-state index in [4.69, 9.17) is 9.47 Å². The zero-order valence-corrected chi connectivity index (χ0v) is 20.2. The van der Waals surface area contributed by atoms with Gasteiger partial charge >= 0.3 is 6.03 Å². The van der Waals surface area contributed by atoms with Crippen molar-refractivity contribution in [2.75, 3.05) is 24.0 Å². The smallest absolute Gasteiger partial charge is 0.334 e. The van der Waals surface area contributed by atoms with E-state index in [-0.39, 0.29) is 23.7 Å². The monoisotopic (exact) mass is 514 g/mol. The van der Waals surface area contributed by atoms with Crippen molar-refractivity contribution in [2.45, 2.75) is 26.3 Å². The molecule has 1 aliphatic rings. The number of amides is 2. The molecule has 0 fully saturated rings. The molecule has 3 heterocycles. The van der Waals surface area contributed by atoms with Crippen molar-refractivity contribution in [3.63, 3.8) is 0 Å². The second kappa shape index (κ2) is 9.30. The number of fused-ring (bicyclic) bond motifs is 3. The Morgan fingerprint density at radius 1 is 1.00 bits per heavy atom. The maximum Gasteiger partial charge on any atom is 0.334 e. The number of H-pyrrole nitrogens is 1. The molecule has 5 rings (SSSR count). The number of aromatic amines is 1. The summed E-state index contributed by atoms with van der Waals surface area (Å²) in [5, 5.41) is 0.488. The molecule has 0 saturated heterocycles. The average molecular weight is 514 g/mol. The van der Waals surface area contributed by atoms with Crippen LogP contribution in [-0.2, 0) is 13.0 Å². The summed E-state index contributed by atoms with van der Waals surface area (Å²) in [5.41, 5.74) is 0.698. The van der Waals surface area contributed by atoms with Crippen LogP contribution in [0.3, 0.4) is 0 Å². The van der Waals surface area contributed by atoms with Gasteiger partial charge in [-0.15, -0.1) is 0 Å². The lowest BCUT2D eigenvalue weighted by molar-refractivity contribution is 0.251. The highest BCUT2D eigenvalue weighted by Gasteiger charge is 2.39. The van der Waals surface area contributed by atoms with E-state index in [1.54, 1.807) is 6.07 Å². The number of nitrogens with one attached hydrogen (secondary N) is 1. The van der Waals surface area contributed by atoms with Gasteiger partial charge in [-0.05, 0) is 24.6 Å². The zero-order valence-electron chi connectivity index (χ0n) is 20.2. The van der Waals surface area contributed by atoms with Crippen LogP contribution in [0.2, 0.25) is 0 Å². The van der Waals surface area contributed by atoms with Crippen LogP contribution in [0.25, 0.3) is 11.0 Å². The van der Waals surface area contributed by atoms with E-state index in [0.29, 0.717) is 23.0 Å². The van der Waals surface area contributed by atoms with Crippen molar-refractivity contribution < 1.29 is 31.8 Å². The molecule has 0 saturated carbocycles. The van der Waals surface area contributed by atoms with Gasteiger partial charge in [-0.2, -0.15) is 0 Å². The summed E-state index contributed by atoms with van der Waals surface area (Å²) >= 11 is 0. The van der Waals surface area contributed by atoms with Gasteiger partial charge in [-0.25, -0.2) is 27.3 Å². The molecule has 0 unspecified atom stereocenters. The normalized spacial score (nSPS) is 13.3. The number of urea groups is 1. The quantitative estimate of drug-likeness (QED) is 0.304. The summed E-state index contributed by atoms with van der Waals surface area (Å²) in [6.07, 6.45) is 2.96. The van der Waals surface area contributed by atoms with Crippen molar-refractivity contribution in [3.05, 3.63) is 71.1 Å². The number of benzene rings is 2. The maximum atomic E-state index is 15.4. The van der Waals surface area contributed by atoms with Gasteiger partial charge in [0.15, 0.2) is 34.8 Å². The first kappa shape index (κ1) is 24.4. The Hall–Kier alpha value is -4.28. The number of methoxy groups -OCH3 is 2. The van der Waals surface area contributed by atoms with Crippen LogP contribution in [0.5, 0.6) is 11.5 Å². The number of halogens is 4. The highest BCUT2D eigenvalue weighted by molar-refractivity contribution is 6.15. The van der Waals surface area contributed by atoms with E-state index < -0.39 is 40.7 Å². The largest absolute Gasteiger partial charge is 0.493 e. The van der Waals surface area contributed by atoms with Gasteiger partial charge < -0.3 is 14.5 Å². The molecule has 2 aromatic heterocycles. The number of carbonyl (C=O) groups excluding carboxylic acids is 1. The van der Waals surface area contributed by atoms with Crippen LogP contribution in [0.15, 0.2) is 36.5 Å². The maximum absolute atomic E-state index is 15.4. The molecule has 2 amide bonds. The van der Waals surface area contributed by atoms with Gasteiger partial charge in [0.2, 0.25) is 0 Å². The van der Waals surface area contributed by atoms with Gasteiger partial charge in [0.25, 0.3) is 0 Å². The van der Waals surface area contributed by atoms with E-state index in [0.717, 1.165) is 34.0 Å². The van der Waals surface area contributed by atoms with Crippen LogP contribution in [-0.4, -0.2) is 30.2 Å². The summed E-state index contributed by atoms with van der Waals surface area (Å²) in [6.45, 7) is 1.69. The molecule has 0 aliphatic carbocycles. The number of aromatic nitrogens is 2. The van der Waals surface area contributed by atoms with E-state index in [1.807, 2.05) is 6.92 Å². The van der Waals surface area contributed by atoms with Crippen molar-refractivity contribution in [1.29, 1.82) is 0 Å². The summed E-state index contributed by atoms with van der Waals surface area (Å²) in [7, 11) is 2.36. The van der Waals surface area contributed by atoms with E-state index in [1.165, 1.54) is 32.5 Å². The molecule has 1 N–H and O–H groups in total. The van der Waals surface area contributed by atoms with Crippen molar-refractivity contribution in [2.24, 2.45) is 0 Å². The first-order chi connectivity index (χ1) is 17.8. The Bertz CT molecular complexity index is 1510. The SMILES string of the molecule is CCCc1cc2c3c(cnc2[nH]1)CN(c1c(F)c(OC)cc(OC)c1F)C(=O)N3c1cccc(F)c1F. The lowest BCUT2D eigenvalue weighted by atomic mass is 10.1. The molecule has 1 aliphatic heterocycles. The molecule has 0 radical (unpaired) electrons. The van der Waals surface area contributed by atoms with Gasteiger partial charge in [0, 0.05) is 28.9 Å². The third-order valence-electron chi connectivity index (χ3n) is 6.25. The van der Waals surface area contributed by atoms with Crippen LogP contribution in [0, 0.1) is 23.3 Å². The Balaban J connectivity index is 1.80. The van der Waals surface area contributed by atoms with E-state index in [2.05, 4.69) is 9.97 Å². The Morgan fingerprint density at radius 2 is 1.70 bits per heavy atom. The van der Waals surface area contributed by atoms with Gasteiger partial charge in [0.1, 0.15) is 11.3 Å². The lowest BCUT2D eigenvalue weighted by Crippen LogP contribution is -2.46. The minimum Gasteiger partial charge on any atom is -0.493 e. The second-order valence-corrected chi connectivity index (χ2v) is 8.47. The molecule has 0 atom stereocenters. The Kier molecular flexibility index (Phi) is 6.14. The first-order valence-electron chi connectivity index (χ1n) is 11.5. The number of anilines is 3. The minimum absolute atomic E-state index is 0.241. The van der Waals surface area contributed by atoms with Crippen LogP contribution >= 0.6 is 0 Å². The number of hydrogen-bond acceptors (Lipinski definition) is 4. The third-order valence-corrected chi connectivity index (χ3v) is 6.25. The highest BCUT2D eigenvalue weighted by atomic mass is 19.2. The second-order valence-electron chi connectivity index (χ2n) is 8.47. The molecule has 11 heteroatoms. The van der Waals surface area contributed by atoms with E-state index >= 15 is 13.2 Å². The number of carbonyl (C=O) groups is 1. The number of hydrogen-bond donors (Lipinski definition) is 1. The predicted molar refractivity (Wildman–Crippen MR) is 130 cm³/mol. The van der Waals surface area contributed by atoms with Crippen molar-refractivity contribution in [3.8, 4) is 11.5 Å². The zero-order chi connectivity index (χ0) is 26.4. The Morgan fingerprint density at radius 3 is 2.35 bits per heavy atom. The number of aryl methyl sites for hydroxylation is 1. The van der Waals surface area contributed by atoms with Crippen molar-refractivity contribution in [1.82, 2.24) is 9.97 Å². The Labute approximate surface area is 209 Å².